The monoisotopic (exact) mass is 305 g/mol. The molecule has 0 spiro atoms. The van der Waals surface area contributed by atoms with Crippen molar-refractivity contribution >= 4 is 29.0 Å². The highest BCUT2D eigenvalue weighted by Gasteiger charge is 2.27. The first-order valence-electron chi connectivity index (χ1n) is 6.10. The van der Waals surface area contributed by atoms with Crippen LogP contribution in [-0.4, -0.2) is 34.9 Å². The molecule has 1 aromatic rings. The number of nitrogens with zero attached hydrogens (tertiary/aromatic N) is 1. The molecule has 1 atom stereocenters. The highest BCUT2D eigenvalue weighted by molar-refractivity contribution is 7.16. The van der Waals surface area contributed by atoms with E-state index in [1.165, 1.54) is 16.2 Å². The van der Waals surface area contributed by atoms with E-state index in [2.05, 4.69) is 0 Å². The van der Waals surface area contributed by atoms with E-state index in [1.807, 2.05) is 33.8 Å². The van der Waals surface area contributed by atoms with Gasteiger partial charge in [-0.1, -0.05) is 11.6 Å². The number of amides is 1. The quantitative estimate of drug-likeness (QED) is 0.923. The Hall–Kier alpha value is -0.780. The predicted octanol–water partition coefficient (Wildman–Crippen LogP) is 3.69. The van der Waals surface area contributed by atoms with Crippen LogP contribution in [0.3, 0.4) is 0 Å². The van der Waals surface area contributed by atoms with Crippen LogP contribution in [-0.2, 0) is 4.74 Å². The SMILES string of the molecule is CC(c1ccc(Cl)s1)N(CCO)C(=O)OC(C)(C)C. The fourth-order valence-corrected chi connectivity index (χ4v) is 2.70. The third-order valence-corrected chi connectivity index (χ3v) is 3.84. The summed E-state index contributed by atoms with van der Waals surface area (Å²) in [5.74, 6) is 0. The zero-order valence-corrected chi connectivity index (χ0v) is 13.2. The number of aliphatic hydroxyl groups is 1. The van der Waals surface area contributed by atoms with E-state index in [9.17, 15) is 4.79 Å². The Morgan fingerprint density at radius 1 is 1.53 bits per heavy atom. The van der Waals surface area contributed by atoms with Gasteiger partial charge in [0.05, 0.1) is 17.0 Å². The maximum absolute atomic E-state index is 12.1. The minimum Gasteiger partial charge on any atom is -0.444 e. The lowest BCUT2D eigenvalue weighted by atomic mass is 10.2. The number of carbonyl (C=O) groups is 1. The molecule has 1 unspecified atom stereocenters. The number of thiophene rings is 1. The molecule has 1 heterocycles. The van der Waals surface area contributed by atoms with Crippen molar-refractivity contribution in [3.8, 4) is 0 Å². The van der Waals surface area contributed by atoms with Crippen LogP contribution in [0.2, 0.25) is 4.34 Å². The third kappa shape index (κ3) is 5.01. The molecule has 108 valence electrons. The molecule has 0 aliphatic rings. The molecule has 6 heteroatoms. The summed E-state index contributed by atoms with van der Waals surface area (Å²) in [5, 5.41) is 9.11. The number of rotatable bonds is 4. The Kier molecular flexibility index (Phi) is 5.64. The molecule has 4 nitrogen and oxygen atoms in total. The largest absolute Gasteiger partial charge is 0.444 e. The molecule has 1 rings (SSSR count). The summed E-state index contributed by atoms with van der Waals surface area (Å²) in [7, 11) is 0. The van der Waals surface area contributed by atoms with Crippen LogP contribution in [0.5, 0.6) is 0 Å². The molecule has 0 aromatic carbocycles. The molecular formula is C13H20ClNO3S. The summed E-state index contributed by atoms with van der Waals surface area (Å²) in [4.78, 5) is 14.6. The average molecular weight is 306 g/mol. The van der Waals surface area contributed by atoms with E-state index in [0.29, 0.717) is 4.34 Å². The molecule has 0 aliphatic carbocycles. The van der Waals surface area contributed by atoms with Crippen molar-refractivity contribution < 1.29 is 14.6 Å². The van der Waals surface area contributed by atoms with Gasteiger partial charge in [-0.3, -0.25) is 4.90 Å². The first-order valence-corrected chi connectivity index (χ1v) is 7.30. The molecule has 1 N–H and O–H groups in total. The zero-order chi connectivity index (χ0) is 14.6. The average Bonchev–Trinajstić information content (AvgIpc) is 2.69. The van der Waals surface area contributed by atoms with E-state index in [0.717, 1.165) is 4.88 Å². The fourth-order valence-electron chi connectivity index (χ4n) is 1.58. The lowest BCUT2D eigenvalue weighted by molar-refractivity contribution is 0.0140. The van der Waals surface area contributed by atoms with Gasteiger partial charge in [-0.15, -0.1) is 11.3 Å². The molecule has 0 bridgehead atoms. The zero-order valence-electron chi connectivity index (χ0n) is 11.6. The molecule has 1 amide bonds. The van der Waals surface area contributed by atoms with Gasteiger partial charge in [0, 0.05) is 11.4 Å². The van der Waals surface area contributed by atoms with Crippen molar-refractivity contribution in [2.45, 2.75) is 39.3 Å². The van der Waals surface area contributed by atoms with Crippen LogP contribution >= 0.6 is 22.9 Å². The highest BCUT2D eigenvalue weighted by atomic mass is 35.5. The molecule has 0 saturated carbocycles. The Balaban J connectivity index is 2.84. The normalized spacial score (nSPS) is 13.2. The summed E-state index contributed by atoms with van der Waals surface area (Å²) >= 11 is 7.33. The van der Waals surface area contributed by atoms with Gasteiger partial charge in [-0.2, -0.15) is 0 Å². The van der Waals surface area contributed by atoms with Crippen LogP contribution in [0, 0.1) is 0 Å². The first kappa shape index (κ1) is 16.3. The van der Waals surface area contributed by atoms with Crippen molar-refractivity contribution in [2.24, 2.45) is 0 Å². The summed E-state index contributed by atoms with van der Waals surface area (Å²) in [6.07, 6.45) is -0.432. The fraction of sp³-hybridized carbons (Fsp3) is 0.615. The highest BCUT2D eigenvalue weighted by Crippen LogP contribution is 2.30. The first-order chi connectivity index (χ1) is 8.74. The Morgan fingerprint density at radius 3 is 2.58 bits per heavy atom. The minimum atomic E-state index is -0.558. The number of carbonyl (C=O) groups excluding carboxylic acids is 1. The van der Waals surface area contributed by atoms with E-state index in [-0.39, 0.29) is 19.2 Å². The Morgan fingerprint density at radius 2 is 2.16 bits per heavy atom. The molecule has 0 fully saturated rings. The molecular weight excluding hydrogens is 286 g/mol. The van der Waals surface area contributed by atoms with E-state index in [4.69, 9.17) is 21.4 Å². The van der Waals surface area contributed by atoms with E-state index >= 15 is 0 Å². The van der Waals surface area contributed by atoms with Gasteiger partial charge in [0.1, 0.15) is 5.60 Å². The summed E-state index contributed by atoms with van der Waals surface area (Å²) in [5.41, 5.74) is -0.558. The molecule has 1 aromatic heterocycles. The number of hydrogen-bond donors (Lipinski definition) is 1. The second-order valence-corrected chi connectivity index (χ2v) is 6.96. The number of ether oxygens (including phenoxy) is 1. The van der Waals surface area contributed by atoms with E-state index < -0.39 is 11.7 Å². The second-order valence-electron chi connectivity index (χ2n) is 5.22. The molecule has 0 aliphatic heterocycles. The van der Waals surface area contributed by atoms with E-state index in [1.54, 1.807) is 6.07 Å². The van der Waals surface area contributed by atoms with Crippen LogP contribution < -0.4 is 0 Å². The van der Waals surface area contributed by atoms with Crippen LogP contribution in [0.4, 0.5) is 4.79 Å². The maximum Gasteiger partial charge on any atom is 0.410 e. The molecule has 19 heavy (non-hydrogen) atoms. The van der Waals surface area contributed by atoms with Gasteiger partial charge in [-0.25, -0.2) is 4.79 Å². The van der Waals surface area contributed by atoms with Crippen molar-refractivity contribution in [1.29, 1.82) is 0 Å². The number of halogens is 1. The molecule has 0 saturated heterocycles. The van der Waals surface area contributed by atoms with Crippen LogP contribution in [0.1, 0.15) is 38.6 Å². The van der Waals surface area contributed by atoms with Crippen molar-refractivity contribution in [3.05, 3.63) is 21.3 Å². The van der Waals surface area contributed by atoms with Crippen LogP contribution in [0.25, 0.3) is 0 Å². The Bertz CT molecular complexity index is 428. The maximum atomic E-state index is 12.1. The van der Waals surface area contributed by atoms with Crippen LogP contribution in [0.15, 0.2) is 12.1 Å². The third-order valence-electron chi connectivity index (χ3n) is 2.44. The smallest absolute Gasteiger partial charge is 0.410 e. The summed E-state index contributed by atoms with van der Waals surface area (Å²) in [6.45, 7) is 7.45. The number of aliphatic hydroxyl groups excluding tert-OH is 1. The summed E-state index contributed by atoms with van der Waals surface area (Å²) in [6, 6.07) is 3.50. The van der Waals surface area contributed by atoms with Gasteiger partial charge >= 0.3 is 6.09 Å². The van der Waals surface area contributed by atoms with Crippen molar-refractivity contribution in [3.63, 3.8) is 0 Å². The second kappa shape index (κ2) is 6.59. The van der Waals surface area contributed by atoms with Gasteiger partial charge in [0.25, 0.3) is 0 Å². The predicted molar refractivity (Wildman–Crippen MR) is 77.8 cm³/mol. The van der Waals surface area contributed by atoms with Crippen molar-refractivity contribution in [1.82, 2.24) is 4.90 Å². The van der Waals surface area contributed by atoms with Gasteiger partial charge in [0.15, 0.2) is 0 Å². The minimum absolute atomic E-state index is 0.108. The molecule has 0 radical (unpaired) electrons. The topological polar surface area (TPSA) is 49.8 Å². The lowest BCUT2D eigenvalue weighted by Gasteiger charge is -2.30. The van der Waals surface area contributed by atoms with Crippen molar-refractivity contribution in [2.75, 3.05) is 13.2 Å². The standard InChI is InChI=1S/C13H20ClNO3S/c1-9(10-5-6-11(14)19-10)15(7-8-16)12(17)18-13(2,3)4/h5-6,9,16H,7-8H2,1-4H3. The summed E-state index contributed by atoms with van der Waals surface area (Å²) < 4.78 is 6.03. The van der Waals surface area contributed by atoms with Gasteiger partial charge < -0.3 is 9.84 Å². The Labute approximate surface area is 122 Å². The number of hydrogen-bond acceptors (Lipinski definition) is 4. The van der Waals surface area contributed by atoms with Gasteiger partial charge in [0.2, 0.25) is 0 Å². The van der Waals surface area contributed by atoms with Gasteiger partial charge in [-0.05, 0) is 39.8 Å². The lowest BCUT2D eigenvalue weighted by Crippen LogP contribution is -2.39.